The van der Waals surface area contributed by atoms with Crippen molar-refractivity contribution in [3.05, 3.63) is 60.7 Å². The van der Waals surface area contributed by atoms with Crippen LogP contribution in [-0.4, -0.2) is 60.5 Å². The number of hydrogen-bond donors (Lipinski definition) is 0. The van der Waals surface area contributed by atoms with Crippen LogP contribution in [0.2, 0.25) is 5.04 Å². The summed E-state index contributed by atoms with van der Waals surface area (Å²) in [7, 11) is -6.29. The molecule has 2 aromatic rings. The topological polar surface area (TPSA) is 80.3 Å². The molecule has 0 aliphatic carbocycles. The number of rotatable bonds is 9. The van der Waals surface area contributed by atoms with Gasteiger partial charge in [0, 0.05) is 12.5 Å². The summed E-state index contributed by atoms with van der Waals surface area (Å²) in [5, 5.41) is 2.27. The van der Waals surface area contributed by atoms with E-state index in [0.29, 0.717) is 13.0 Å². The second-order valence-corrected chi connectivity index (χ2v) is 17.0. The Balaban J connectivity index is 1.58. The van der Waals surface area contributed by atoms with Crippen molar-refractivity contribution in [3.63, 3.8) is 0 Å². The maximum Gasteiger partial charge on any atom is 0.264 e. The van der Waals surface area contributed by atoms with E-state index < -0.39 is 36.6 Å². The Kier molecular flexibility index (Phi) is 7.84. The zero-order chi connectivity index (χ0) is 26.2. The van der Waals surface area contributed by atoms with Crippen molar-refractivity contribution in [3.8, 4) is 0 Å². The highest BCUT2D eigenvalue weighted by Crippen LogP contribution is 2.42. The molecule has 0 bridgehead atoms. The number of hydrogen-bond acceptors (Lipinski definition) is 7. The summed E-state index contributed by atoms with van der Waals surface area (Å²) < 4.78 is 53.9. The Hall–Kier alpha value is -1.59. The van der Waals surface area contributed by atoms with E-state index in [-0.39, 0.29) is 23.7 Å². The summed E-state index contributed by atoms with van der Waals surface area (Å²) in [5.41, 5.74) is 0. The van der Waals surface area contributed by atoms with Crippen LogP contribution in [0, 0.1) is 5.92 Å². The quantitative estimate of drug-likeness (QED) is 0.360. The molecule has 2 aliphatic rings. The molecule has 4 rings (SSSR count). The van der Waals surface area contributed by atoms with E-state index in [4.69, 9.17) is 22.8 Å². The van der Waals surface area contributed by atoms with Gasteiger partial charge in [-0.15, -0.1) is 0 Å². The van der Waals surface area contributed by atoms with Gasteiger partial charge in [0.05, 0.1) is 19.0 Å². The van der Waals surface area contributed by atoms with Crippen molar-refractivity contribution >= 4 is 28.8 Å². The third-order valence-corrected chi connectivity index (χ3v) is 12.5. The van der Waals surface area contributed by atoms with Crippen LogP contribution in [0.5, 0.6) is 0 Å². The average Bonchev–Trinajstić information content (AvgIpc) is 3.26. The lowest BCUT2D eigenvalue weighted by atomic mass is 9.97. The fourth-order valence-electron chi connectivity index (χ4n) is 5.41. The van der Waals surface area contributed by atoms with E-state index >= 15 is 0 Å². The number of fused-ring (bicyclic) bond motifs is 1. The van der Waals surface area contributed by atoms with Gasteiger partial charge in [-0.2, -0.15) is 8.42 Å². The lowest BCUT2D eigenvalue weighted by Crippen LogP contribution is -2.66. The summed E-state index contributed by atoms with van der Waals surface area (Å²) in [6.45, 7) is 10.8. The zero-order valence-electron chi connectivity index (χ0n) is 22.0. The fourth-order valence-corrected chi connectivity index (χ4v) is 10.4. The van der Waals surface area contributed by atoms with E-state index in [1.165, 1.54) is 10.4 Å². The smallest absolute Gasteiger partial charge is 0.264 e. The van der Waals surface area contributed by atoms with E-state index in [2.05, 4.69) is 69.3 Å². The van der Waals surface area contributed by atoms with Gasteiger partial charge in [-0.3, -0.25) is 4.18 Å². The van der Waals surface area contributed by atoms with Gasteiger partial charge in [0.25, 0.3) is 18.4 Å². The van der Waals surface area contributed by atoms with Crippen molar-refractivity contribution < 1.29 is 31.2 Å². The summed E-state index contributed by atoms with van der Waals surface area (Å²) in [6, 6.07) is 20.9. The third-order valence-electron chi connectivity index (χ3n) is 6.91. The van der Waals surface area contributed by atoms with Crippen molar-refractivity contribution in [2.75, 3.05) is 19.5 Å². The Morgan fingerprint density at radius 1 is 0.944 bits per heavy atom. The van der Waals surface area contributed by atoms with Crippen LogP contribution < -0.4 is 10.4 Å². The molecule has 2 aromatic carbocycles. The standard InChI is InChI=1S/C27H38O7SSi/c1-26(2,3)36(20-13-9-7-10-14-20,21-15-11-8-12-16-21)31-18-17-23-22(19-30-35(6,28)29)24-25(32-23)34-27(4,5)33-24/h7-16,22-25H,17-19H2,1-6H3/t22-,23-,24-,25-/m1/s1. The monoisotopic (exact) mass is 534 g/mol. The minimum Gasteiger partial charge on any atom is -0.407 e. The summed E-state index contributed by atoms with van der Waals surface area (Å²) in [6.07, 6.45) is 0.321. The Labute approximate surface area is 216 Å². The molecule has 0 radical (unpaired) electrons. The van der Waals surface area contributed by atoms with Gasteiger partial charge < -0.3 is 18.6 Å². The predicted octanol–water partition coefficient (Wildman–Crippen LogP) is 3.42. The zero-order valence-corrected chi connectivity index (χ0v) is 23.8. The lowest BCUT2D eigenvalue weighted by molar-refractivity contribution is -0.212. The number of ether oxygens (including phenoxy) is 3. The molecule has 2 fully saturated rings. The highest BCUT2D eigenvalue weighted by Gasteiger charge is 2.55. The molecule has 9 heteroatoms. The summed E-state index contributed by atoms with van der Waals surface area (Å²) in [5.74, 6) is -1.09. The molecule has 198 valence electrons. The molecular formula is C27H38O7SSi. The summed E-state index contributed by atoms with van der Waals surface area (Å²) in [4.78, 5) is 0. The van der Waals surface area contributed by atoms with Gasteiger partial charge in [-0.25, -0.2) is 0 Å². The maximum atomic E-state index is 11.7. The second kappa shape index (κ2) is 10.3. The molecule has 0 spiro atoms. The van der Waals surface area contributed by atoms with Crippen molar-refractivity contribution in [2.24, 2.45) is 5.92 Å². The molecule has 0 N–H and O–H groups in total. The van der Waals surface area contributed by atoms with Gasteiger partial charge in [-0.1, -0.05) is 81.4 Å². The van der Waals surface area contributed by atoms with E-state index in [0.717, 1.165) is 6.26 Å². The van der Waals surface area contributed by atoms with E-state index in [1.807, 2.05) is 26.0 Å². The Morgan fingerprint density at radius 2 is 1.50 bits per heavy atom. The first kappa shape index (κ1) is 27.4. The van der Waals surface area contributed by atoms with E-state index in [1.54, 1.807) is 0 Å². The first-order chi connectivity index (χ1) is 16.8. The van der Waals surface area contributed by atoms with Gasteiger partial charge in [0.2, 0.25) is 0 Å². The summed E-state index contributed by atoms with van der Waals surface area (Å²) >= 11 is 0. The van der Waals surface area contributed by atoms with E-state index in [9.17, 15) is 8.42 Å². The van der Waals surface area contributed by atoms with Crippen LogP contribution in [-0.2, 0) is 32.9 Å². The Morgan fingerprint density at radius 3 is 2.00 bits per heavy atom. The van der Waals surface area contributed by atoms with Gasteiger partial charge in [-0.05, 0) is 35.7 Å². The van der Waals surface area contributed by atoms with Crippen molar-refractivity contribution in [1.82, 2.24) is 0 Å². The molecule has 2 aliphatic heterocycles. The molecule has 2 heterocycles. The lowest BCUT2D eigenvalue weighted by Gasteiger charge is -2.43. The minimum absolute atomic E-state index is 0.0245. The Bertz CT molecular complexity index is 1080. The SMILES string of the molecule is CC1(C)O[C@H]2O[C@H](CCO[Si](c3ccccc3)(c3ccccc3)C(C)(C)C)[C@@H](COS(C)(=O)=O)[C@H]2O1. The molecule has 36 heavy (non-hydrogen) atoms. The molecule has 0 unspecified atom stereocenters. The first-order valence-electron chi connectivity index (χ1n) is 12.4. The molecule has 4 atom stereocenters. The predicted molar refractivity (Wildman–Crippen MR) is 141 cm³/mol. The normalized spacial score (nSPS) is 26.2. The highest BCUT2D eigenvalue weighted by atomic mass is 32.2. The van der Waals surface area contributed by atoms with Crippen LogP contribution in [0.3, 0.4) is 0 Å². The van der Waals surface area contributed by atoms with Crippen LogP contribution >= 0.6 is 0 Å². The van der Waals surface area contributed by atoms with Gasteiger partial charge >= 0.3 is 0 Å². The van der Waals surface area contributed by atoms with Crippen molar-refractivity contribution in [2.45, 2.75) is 70.4 Å². The molecule has 2 saturated heterocycles. The maximum absolute atomic E-state index is 11.7. The van der Waals surface area contributed by atoms with Gasteiger partial charge in [0.15, 0.2) is 12.1 Å². The number of benzene rings is 2. The van der Waals surface area contributed by atoms with Crippen LogP contribution in [0.25, 0.3) is 0 Å². The third kappa shape index (κ3) is 5.77. The first-order valence-corrected chi connectivity index (χ1v) is 16.2. The minimum atomic E-state index is -3.60. The average molecular weight is 535 g/mol. The molecule has 7 nitrogen and oxygen atoms in total. The molecule has 0 aromatic heterocycles. The van der Waals surface area contributed by atoms with Crippen LogP contribution in [0.15, 0.2) is 60.7 Å². The van der Waals surface area contributed by atoms with Crippen LogP contribution in [0.1, 0.15) is 41.0 Å². The largest absolute Gasteiger partial charge is 0.407 e. The van der Waals surface area contributed by atoms with Gasteiger partial charge in [0.1, 0.15) is 6.10 Å². The second-order valence-electron chi connectivity index (χ2n) is 11.1. The van der Waals surface area contributed by atoms with Crippen LogP contribution in [0.4, 0.5) is 0 Å². The molecule has 0 amide bonds. The highest BCUT2D eigenvalue weighted by molar-refractivity contribution is 7.85. The molecule has 0 saturated carbocycles. The fraction of sp³-hybridized carbons (Fsp3) is 0.556. The van der Waals surface area contributed by atoms with Crippen molar-refractivity contribution in [1.29, 1.82) is 0 Å². The molecular weight excluding hydrogens is 496 g/mol.